The van der Waals surface area contributed by atoms with Gasteiger partial charge in [-0.15, -0.1) is 0 Å². The van der Waals surface area contributed by atoms with Gasteiger partial charge in [-0.05, 0) is 37.1 Å². The molecule has 4 heteroatoms. The first-order chi connectivity index (χ1) is 10.6. The Labute approximate surface area is 136 Å². The Morgan fingerprint density at radius 2 is 1.86 bits per heavy atom. The zero-order valence-corrected chi connectivity index (χ0v) is 13.6. The summed E-state index contributed by atoms with van der Waals surface area (Å²) < 4.78 is 5.73. The Morgan fingerprint density at radius 3 is 2.59 bits per heavy atom. The van der Waals surface area contributed by atoms with Gasteiger partial charge in [0.2, 0.25) is 5.91 Å². The Kier molecular flexibility index (Phi) is 5.84. The second kappa shape index (κ2) is 7.85. The Bertz CT molecular complexity index is 642. The molecular weight excluding hydrogens is 298 g/mol. The largest absolute Gasteiger partial charge is 0.491 e. The fourth-order valence-corrected chi connectivity index (χ4v) is 2.32. The van der Waals surface area contributed by atoms with Gasteiger partial charge >= 0.3 is 0 Å². The van der Waals surface area contributed by atoms with Crippen molar-refractivity contribution >= 4 is 17.5 Å². The number of para-hydroxylation sites is 1. The van der Waals surface area contributed by atoms with Crippen LogP contribution in [0.3, 0.4) is 0 Å². The van der Waals surface area contributed by atoms with Gasteiger partial charge in [0.1, 0.15) is 12.4 Å². The monoisotopic (exact) mass is 317 g/mol. The van der Waals surface area contributed by atoms with Gasteiger partial charge in [-0.25, -0.2) is 0 Å². The summed E-state index contributed by atoms with van der Waals surface area (Å²) in [6.45, 7) is 4.35. The van der Waals surface area contributed by atoms with Crippen LogP contribution in [0.2, 0.25) is 5.02 Å². The van der Waals surface area contributed by atoms with E-state index in [1.54, 1.807) is 6.07 Å². The fraction of sp³-hybridized carbons (Fsp3) is 0.278. The van der Waals surface area contributed by atoms with E-state index in [2.05, 4.69) is 5.32 Å². The zero-order chi connectivity index (χ0) is 15.9. The number of amides is 1. The summed E-state index contributed by atoms with van der Waals surface area (Å²) in [5, 5.41) is 3.54. The molecule has 116 valence electrons. The number of hydrogen-bond donors (Lipinski definition) is 1. The highest BCUT2D eigenvalue weighted by atomic mass is 35.5. The van der Waals surface area contributed by atoms with Gasteiger partial charge in [0.25, 0.3) is 0 Å². The first kappa shape index (κ1) is 16.4. The summed E-state index contributed by atoms with van der Waals surface area (Å²) in [7, 11) is 0. The number of aryl methyl sites for hydroxylation is 1. The van der Waals surface area contributed by atoms with Crippen LogP contribution in [-0.4, -0.2) is 18.6 Å². The van der Waals surface area contributed by atoms with Crippen molar-refractivity contribution in [3.05, 3.63) is 64.7 Å². The molecule has 0 aliphatic carbocycles. The second-order valence-corrected chi connectivity index (χ2v) is 5.72. The van der Waals surface area contributed by atoms with Crippen LogP contribution in [0, 0.1) is 6.92 Å². The molecule has 1 amide bonds. The lowest BCUT2D eigenvalue weighted by atomic mass is 10.1. The minimum Gasteiger partial charge on any atom is -0.491 e. The SMILES string of the molecule is Cc1ccccc1OC[C@@H](C)NC(=O)Cc1ccccc1Cl. The van der Waals surface area contributed by atoms with Gasteiger partial charge in [0, 0.05) is 5.02 Å². The van der Waals surface area contributed by atoms with Crippen molar-refractivity contribution in [2.24, 2.45) is 0 Å². The van der Waals surface area contributed by atoms with Crippen molar-refractivity contribution in [3.63, 3.8) is 0 Å². The highest BCUT2D eigenvalue weighted by molar-refractivity contribution is 6.31. The first-order valence-corrected chi connectivity index (χ1v) is 7.65. The third-order valence-electron chi connectivity index (χ3n) is 3.30. The number of rotatable bonds is 6. The topological polar surface area (TPSA) is 38.3 Å². The van der Waals surface area contributed by atoms with Gasteiger partial charge in [-0.1, -0.05) is 48.0 Å². The number of hydrogen-bond acceptors (Lipinski definition) is 2. The van der Waals surface area contributed by atoms with E-state index in [0.717, 1.165) is 16.9 Å². The lowest BCUT2D eigenvalue weighted by molar-refractivity contribution is -0.121. The molecule has 2 aromatic carbocycles. The minimum absolute atomic E-state index is 0.0611. The molecule has 0 spiro atoms. The minimum atomic E-state index is -0.0745. The van der Waals surface area contributed by atoms with Crippen LogP contribution in [0.4, 0.5) is 0 Å². The predicted molar refractivity (Wildman–Crippen MR) is 89.4 cm³/mol. The molecule has 0 heterocycles. The molecule has 0 aliphatic rings. The summed E-state index contributed by atoms with van der Waals surface area (Å²) in [5.41, 5.74) is 1.91. The Hall–Kier alpha value is -2.00. The quantitative estimate of drug-likeness (QED) is 0.880. The maximum Gasteiger partial charge on any atom is 0.224 e. The van der Waals surface area contributed by atoms with Gasteiger partial charge in [-0.3, -0.25) is 4.79 Å². The van der Waals surface area contributed by atoms with Gasteiger partial charge in [0.15, 0.2) is 0 Å². The van der Waals surface area contributed by atoms with Crippen LogP contribution < -0.4 is 10.1 Å². The molecule has 0 bridgehead atoms. The van der Waals surface area contributed by atoms with Crippen LogP contribution in [0.1, 0.15) is 18.1 Å². The molecule has 1 N–H and O–H groups in total. The average Bonchev–Trinajstić information content (AvgIpc) is 2.49. The smallest absolute Gasteiger partial charge is 0.224 e. The molecule has 0 saturated heterocycles. The van der Waals surface area contributed by atoms with Crippen molar-refractivity contribution in [2.75, 3.05) is 6.61 Å². The van der Waals surface area contributed by atoms with E-state index in [9.17, 15) is 4.79 Å². The van der Waals surface area contributed by atoms with E-state index in [-0.39, 0.29) is 18.4 Å². The lowest BCUT2D eigenvalue weighted by Gasteiger charge is -2.16. The molecule has 0 unspecified atom stereocenters. The number of carbonyl (C=O) groups excluding carboxylic acids is 1. The van der Waals surface area contributed by atoms with Crippen molar-refractivity contribution in [3.8, 4) is 5.75 Å². The average molecular weight is 318 g/mol. The van der Waals surface area contributed by atoms with E-state index < -0.39 is 0 Å². The van der Waals surface area contributed by atoms with Crippen molar-refractivity contribution in [1.29, 1.82) is 0 Å². The van der Waals surface area contributed by atoms with Crippen molar-refractivity contribution in [2.45, 2.75) is 26.3 Å². The van der Waals surface area contributed by atoms with E-state index in [4.69, 9.17) is 16.3 Å². The van der Waals surface area contributed by atoms with E-state index in [1.807, 2.05) is 56.3 Å². The van der Waals surface area contributed by atoms with Gasteiger partial charge in [-0.2, -0.15) is 0 Å². The molecule has 0 aliphatic heterocycles. The molecule has 22 heavy (non-hydrogen) atoms. The van der Waals surface area contributed by atoms with Crippen LogP contribution in [0.15, 0.2) is 48.5 Å². The van der Waals surface area contributed by atoms with Gasteiger partial charge in [0.05, 0.1) is 12.5 Å². The molecule has 1 atom stereocenters. The number of carbonyl (C=O) groups is 1. The highest BCUT2D eigenvalue weighted by Gasteiger charge is 2.11. The maximum absolute atomic E-state index is 12.0. The second-order valence-electron chi connectivity index (χ2n) is 5.31. The summed E-state index contributed by atoms with van der Waals surface area (Å²) >= 11 is 6.06. The summed E-state index contributed by atoms with van der Waals surface area (Å²) in [6.07, 6.45) is 0.272. The molecule has 2 rings (SSSR count). The normalized spacial score (nSPS) is 11.8. The number of halogens is 1. The van der Waals surface area contributed by atoms with E-state index >= 15 is 0 Å². The first-order valence-electron chi connectivity index (χ1n) is 7.27. The predicted octanol–water partition coefficient (Wildman–Crippen LogP) is 3.77. The lowest BCUT2D eigenvalue weighted by Crippen LogP contribution is -2.37. The van der Waals surface area contributed by atoms with Crippen LogP contribution in [0.25, 0.3) is 0 Å². The van der Waals surface area contributed by atoms with Crippen LogP contribution in [-0.2, 0) is 11.2 Å². The van der Waals surface area contributed by atoms with E-state index in [1.165, 1.54) is 0 Å². The van der Waals surface area contributed by atoms with Crippen molar-refractivity contribution < 1.29 is 9.53 Å². The molecule has 2 aromatic rings. The molecule has 0 radical (unpaired) electrons. The highest BCUT2D eigenvalue weighted by Crippen LogP contribution is 2.17. The molecule has 0 saturated carbocycles. The molecular formula is C18H20ClNO2. The van der Waals surface area contributed by atoms with Crippen LogP contribution >= 0.6 is 11.6 Å². The summed E-state index contributed by atoms with van der Waals surface area (Å²) in [5.74, 6) is 0.781. The molecule has 0 aromatic heterocycles. The number of benzene rings is 2. The molecule has 3 nitrogen and oxygen atoms in total. The maximum atomic E-state index is 12.0. The number of nitrogens with one attached hydrogen (secondary N) is 1. The zero-order valence-electron chi connectivity index (χ0n) is 12.8. The fourth-order valence-electron chi connectivity index (χ4n) is 2.12. The third-order valence-corrected chi connectivity index (χ3v) is 3.67. The van der Waals surface area contributed by atoms with Crippen LogP contribution in [0.5, 0.6) is 5.75 Å². The third kappa shape index (κ3) is 4.78. The standard InChI is InChI=1S/C18H20ClNO2/c1-13-7-3-6-10-17(13)22-12-14(2)20-18(21)11-15-8-4-5-9-16(15)19/h3-10,14H,11-12H2,1-2H3,(H,20,21)/t14-/m1/s1. The van der Waals surface area contributed by atoms with Gasteiger partial charge < -0.3 is 10.1 Å². The Morgan fingerprint density at radius 1 is 1.18 bits per heavy atom. The molecule has 0 fully saturated rings. The van der Waals surface area contributed by atoms with Crippen molar-refractivity contribution in [1.82, 2.24) is 5.32 Å². The van der Waals surface area contributed by atoms with E-state index in [0.29, 0.717) is 11.6 Å². The summed E-state index contributed by atoms with van der Waals surface area (Å²) in [6, 6.07) is 15.1. The summed E-state index contributed by atoms with van der Waals surface area (Å²) in [4.78, 5) is 12.0. The Balaban J connectivity index is 1.82. The number of ether oxygens (including phenoxy) is 1.